The van der Waals surface area contributed by atoms with Gasteiger partial charge >= 0.3 is 0 Å². The van der Waals surface area contributed by atoms with Crippen molar-refractivity contribution in [3.8, 4) is 0 Å². The van der Waals surface area contributed by atoms with Crippen LogP contribution in [0.3, 0.4) is 0 Å². The van der Waals surface area contributed by atoms with E-state index in [0.717, 1.165) is 12.0 Å². The summed E-state index contributed by atoms with van der Waals surface area (Å²) in [5.74, 6) is 0.789. The van der Waals surface area contributed by atoms with Gasteiger partial charge in [0, 0.05) is 30.7 Å². The highest BCUT2D eigenvalue weighted by molar-refractivity contribution is 4.95. The number of hydrogen-bond acceptors (Lipinski definition) is 2. The molecule has 1 N–H and O–H groups in total. The van der Waals surface area contributed by atoms with Gasteiger partial charge in [-0.3, -0.25) is 4.90 Å². The molecule has 2 atom stereocenters. The van der Waals surface area contributed by atoms with Crippen molar-refractivity contribution in [2.75, 3.05) is 13.1 Å². The second kappa shape index (κ2) is 6.91. The van der Waals surface area contributed by atoms with E-state index in [2.05, 4.69) is 51.8 Å². The maximum atomic E-state index is 3.76. The molecule has 0 saturated carbocycles. The van der Waals surface area contributed by atoms with Crippen LogP contribution in [0.25, 0.3) is 0 Å². The average molecular weight is 254 g/mol. The molecule has 108 valence electrons. The number of nitrogens with one attached hydrogen (secondary N) is 1. The van der Waals surface area contributed by atoms with E-state index in [9.17, 15) is 0 Å². The highest BCUT2D eigenvalue weighted by Crippen LogP contribution is 2.29. The third-order valence-corrected chi connectivity index (χ3v) is 4.94. The molecule has 0 bridgehead atoms. The Labute approximate surface area is 115 Å². The van der Waals surface area contributed by atoms with Crippen LogP contribution in [0.15, 0.2) is 0 Å². The Morgan fingerprint density at radius 2 is 1.83 bits per heavy atom. The fourth-order valence-electron chi connectivity index (χ4n) is 3.27. The quantitative estimate of drug-likeness (QED) is 0.778. The van der Waals surface area contributed by atoms with Crippen LogP contribution in [-0.2, 0) is 0 Å². The zero-order valence-corrected chi connectivity index (χ0v) is 13.4. The average Bonchev–Trinajstić information content (AvgIpc) is 2.37. The van der Waals surface area contributed by atoms with E-state index < -0.39 is 0 Å². The van der Waals surface area contributed by atoms with Gasteiger partial charge in [-0.25, -0.2) is 0 Å². The molecule has 2 nitrogen and oxygen atoms in total. The van der Waals surface area contributed by atoms with Crippen LogP contribution in [0.2, 0.25) is 0 Å². The molecule has 2 unspecified atom stereocenters. The third-order valence-electron chi connectivity index (χ3n) is 4.94. The van der Waals surface area contributed by atoms with Crippen molar-refractivity contribution in [2.45, 2.75) is 84.8 Å². The van der Waals surface area contributed by atoms with Gasteiger partial charge in [0.1, 0.15) is 0 Å². The van der Waals surface area contributed by atoms with Gasteiger partial charge in [-0.1, -0.05) is 34.6 Å². The van der Waals surface area contributed by atoms with Gasteiger partial charge in [-0.05, 0) is 38.5 Å². The first-order valence-corrected chi connectivity index (χ1v) is 7.96. The number of piperazine rings is 1. The molecule has 0 radical (unpaired) electrons. The second-order valence-electron chi connectivity index (χ2n) is 6.65. The van der Waals surface area contributed by atoms with E-state index in [1.54, 1.807) is 0 Å². The zero-order valence-electron chi connectivity index (χ0n) is 13.4. The Kier molecular flexibility index (Phi) is 6.13. The smallest absolute Gasteiger partial charge is 0.0224 e. The summed E-state index contributed by atoms with van der Waals surface area (Å²) in [6.45, 7) is 16.5. The lowest BCUT2D eigenvalue weighted by Crippen LogP contribution is -2.63. The third kappa shape index (κ3) is 3.71. The first-order chi connectivity index (χ1) is 8.46. The molecular weight excluding hydrogens is 220 g/mol. The summed E-state index contributed by atoms with van der Waals surface area (Å²) < 4.78 is 0. The van der Waals surface area contributed by atoms with Gasteiger partial charge < -0.3 is 5.32 Å². The van der Waals surface area contributed by atoms with Crippen LogP contribution >= 0.6 is 0 Å². The highest BCUT2D eigenvalue weighted by atomic mass is 15.3. The Morgan fingerprint density at radius 3 is 2.28 bits per heavy atom. The Morgan fingerprint density at radius 1 is 1.22 bits per heavy atom. The fourth-order valence-corrected chi connectivity index (χ4v) is 3.27. The van der Waals surface area contributed by atoms with Crippen molar-refractivity contribution >= 4 is 0 Å². The fraction of sp³-hybridized carbons (Fsp3) is 1.00. The van der Waals surface area contributed by atoms with Crippen LogP contribution in [0.5, 0.6) is 0 Å². The van der Waals surface area contributed by atoms with Gasteiger partial charge in [-0.15, -0.1) is 0 Å². The van der Waals surface area contributed by atoms with Crippen molar-refractivity contribution < 1.29 is 0 Å². The van der Waals surface area contributed by atoms with Crippen LogP contribution in [0.4, 0.5) is 0 Å². The van der Waals surface area contributed by atoms with Gasteiger partial charge in [0.2, 0.25) is 0 Å². The van der Waals surface area contributed by atoms with Crippen molar-refractivity contribution in [1.82, 2.24) is 10.2 Å². The summed E-state index contributed by atoms with van der Waals surface area (Å²) in [6.07, 6.45) is 5.08. The van der Waals surface area contributed by atoms with E-state index in [-0.39, 0.29) is 0 Å². The minimum atomic E-state index is 0.387. The maximum Gasteiger partial charge on any atom is 0.0224 e. The predicted octanol–water partition coefficient (Wildman–Crippen LogP) is 3.66. The largest absolute Gasteiger partial charge is 0.311 e. The molecule has 0 aromatic carbocycles. The Bertz CT molecular complexity index is 233. The van der Waals surface area contributed by atoms with Crippen molar-refractivity contribution in [2.24, 2.45) is 5.92 Å². The predicted molar refractivity (Wildman–Crippen MR) is 81.0 cm³/mol. The zero-order chi connectivity index (χ0) is 13.8. The minimum absolute atomic E-state index is 0.387. The van der Waals surface area contributed by atoms with Gasteiger partial charge in [0.25, 0.3) is 0 Å². The van der Waals surface area contributed by atoms with E-state index in [0.29, 0.717) is 11.6 Å². The van der Waals surface area contributed by atoms with Crippen LogP contribution < -0.4 is 5.32 Å². The molecule has 2 heteroatoms. The molecule has 0 aromatic heterocycles. The highest BCUT2D eigenvalue weighted by Gasteiger charge is 2.37. The van der Waals surface area contributed by atoms with Crippen LogP contribution in [0.1, 0.15) is 67.2 Å². The van der Waals surface area contributed by atoms with E-state index in [1.165, 1.54) is 38.8 Å². The minimum Gasteiger partial charge on any atom is -0.311 e. The molecule has 1 aliphatic heterocycles. The SMILES string of the molecule is CCC1CNC(CC(C)C)CN1C(C)(CC)CC. The van der Waals surface area contributed by atoms with Crippen molar-refractivity contribution in [3.05, 3.63) is 0 Å². The lowest BCUT2D eigenvalue weighted by atomic mass is 9.87. The molecule has 0 aromatic rings. The molecule has 1 heterocycles. The summed E-state index contributed by atoms with van der Waals surface area (Å²) in [4.78, 5) is 2.80. The summed E-state index contributed by atoms with van der Waals surface area (Å²) in [6, 6.07) is 1.41. The molecule has 0 spiro atoms. The van der Waals surface area contributed by atoms with Gasteiger partial charge in [-0.2, -0.15) is 0 Å². The van der Waals surface area contributed by atoms with E-state index in [4.69, 9.17) is 0 Å². The van der Waals surface area contributed by atoms with Gasteiger partial charge in [0.05, 0.1) is 0 Å². The topological polar surface area (TPSA) is 15.3 Å². The van der Waals surface area contributed by atoms with Crippen LogP contribution in [-0.4, -0.2) is 35.6 Å². The Balaban J connectivity index is 2.75. The van der Waals surface area contributed by atoms with E-state index >= 15 is 0 Å². The maximum absolute atomic E-state index is 3.76. The summed E-state index contributed by atoms with van der Waals surface area (Å²) >= 11 is 0. The molecule has 18 heavy (non-hydrogen) atoms. The summed E-state index contributed by atoms with van der Waals surface area (Å²) in [5.41, 5.74) is 0.387. The summed E-state index contributed by atoms with van der Waals surface area (Å²) in [5, 5.41) is 3.76. The van der Waals surface area contributed by atoms with Crippen molar-refractivity contribution in [3.63, 3.8) is 0 Å². The second-order valence-corrected chi connectivity index (χ2v) is 6.65. The molecular formula is C16H34N2. The number of rotatable bonds is 6. The standard InChI is InChI=1S/C16H34N2/c1-7-15-11-17-14(10-13(4)5)12-18(15)16(6,8-2)9-3/h13-15,17H,7-12H2,1-6H3. The van der Waals surface area contributed by atoms with E-state index in [1.807, 2.05) is 0 Å². The molecule has 0 amide bonds. The lowest BCUT2D eigenvalue weighted by molar-refractivity contribution is 0.00951. The normalized spacial score (nSPS) is 26.8. The molecule has 1 aliphatic rings. The van der Waals surface area contributed by atoms with Gasteiger partial charge in [0.15, 0.2) is 0 Å². The molecule has 0 aliphatic carbocycles. The molecule has 1 saturated heterocycles. The van der Waals surface area contributed by atoms with Crippen LogP contribution in [0, 0.1) is 5.92 Å². The molecule has 1 fully saturated rings. The number of nitrogens with zero attached hydrogens (tertiary/aromatic N) is 1. The molecule has 1 rings (SSSR count). The van der Waals surface area contributed by atoms with Crippen molar-refractivity contribution in [1.29, 1.82) is 0 Å². The lowest BCUT2D eigenvalue weighted by Gasteiger charge is -2.50. The monoisotopic (exact) mass is 254 g/mol. The first kappa shape index (κ1) is 16.0. The first-order valence-electron chi connectivity index (χ1n) is 7.96. The number of hydrogen-bond donors (Lipinski definition) is 1. The Hall–Kier alpha value is -0.0800. The summed E-state index contributed by atoms with van der Waals surface area (Å²) in [7, 11) is 0.